The van der Waals surface area contributed by atoms with Crippen LogP contribution < -0.4 is 19.5 Å². The Morgan fingerprint density at radius 3 is 2.36 bits per heavy atom. The number of benzene rings is 1. The quantitative estimate of drug-likeness (QED) is 0.508. The van der Waals surface area contributed by atoms with Crippen molar-refractivity contribution < 1.29 is 28.6 Å². The number of piperidine rings is 2. The predicted molar refractivity (Wildman–Crippen MR) is 162 cm³/mol. The van der Waals surface area contributed by atoms with E-state index in [1.165, 1.54) is 0 Å². The molecule has 1 aromatic rings. The number of carbonyl (C=O) groups is 3. The fraction of sp³-hybridized carbons (Fsp3) is 0.727. The van der Waals surface area contributed by atoms with Crippen molar-refractivity contribution in [3.63, 3.8) is 0 Å². The first-order valence-corrected chi connectivity index (χ1v) is 15.8. The SMILES string of the molecule is COc1cc(CCC(=O)N2C[C@@H]3C[C@H](C2)[C@@H]2CCCC(=O)N[C@H](C(C)C)CC[C@@H](C)CC(=O)N2C3)cc(OC)c1OC. The number of fused-ring (bicyclic) bond motifs is 4. The molecule has 0 spiro atoms. The highest BCUT2D eigenvalue weighted by atomic mass is 16.5. The molecule has 4 rings (SSSR count). The molecule has 2 bridgehead atoms. The van der Waals surface area contributed by atoms with Gasteiger partial charge >= 0.3 is 0 Å². The Bertz CT molecular complexity index is 1080. The summed E-state index contributed by atoms with van der Waals surface area (Å²) in [6.07, 6.45) is 6.38. The molecule has 0 aromatic heterocycles. The van der Waals surface area contributed by atoms with E-state index in [2.05, 4.69) is 31.0 Å². The van der Waals surface area contributed by atoms with Gasteiger partial charge in [-0.25, -0.2) is 0 Å². The van der Waals surface area contributed by atoms with Crippen molar-refractivity contribution in [2.24, 2.45) is 23.7 Å². The summed E-state index contributed by atoms with van der Waals surface area (Å²) in [4.78, 5) is 44.1. The standard InChI is InChI=1S/C33H51N3O6/c1-21(2)26-12-10-22(3)14-32(39)36-19-24-15-25(27(36)8-7-9-30(37)34-26)20-35(18-24)31(38)13-11-23-16-28(40-4)33(42-6)29(17-23)41-5/h16-17,21-22,24-27H,7-15,18-20H2,1-6H3,(H,34,37)/t22-,24+,25-,26+,27+/m1/s1. The number of ether oxygens (including phenoxy) is 3. The van der Waals surface area contributed by atoms with Crippen LogP contribution in [-0.4, -0.2) is 80.6 Å². The van der Waals surface area contributed by atoms with E-state index in [1.807, 2.05) is 17.0 Å². The van der Waals surface area contributed by atoms with E-state index < -0.39 is 0 Å². The van der Waals surface area contributed by atoms with Crippen molar-refractivity contribution >= 4 is 17.7 Å². The summed E-state index contributed by atoms with van der Waals surface area (Å²) in [5.41, 5.74) is 0.953. The van der Waals surface area contributed by atoms with E-state index >= 15 is 0 Å². The van der Waals surface area contributed by atoms with Crippen molar-refractivity contribution in [2.45, 2.75) is 90.6 Å². The summed E-state index contributed by atoms with van der Waals surface area (Å²) < 4.78 is 16.4. The van der Waals surface area contributed by atoms with Gasteiger partial charge in [0.1, 0.15) is 0 Å². The minimum absolute atomic E-state index is 0.0705. The summed E-state index contributed by atoms with van der Waals surface area (Å²) >= 11 is 0. The van der Waals surface area contributed by atoms with Gasteiger partial charge < -0.3 is 29.3 Å². The molecule has 3 aliphatic heterocycles. The van der Waals surface area contributed by atoms with Crippen LogP contribution in [0.1, 0.15) is 77.7 Å². The van der Waals surface area contributed by atoms with Gasteiger partial charge in [-0.2, -0.15) is 0 Å². The zero-order chi connectivity index (χ0) is 30.4. The molecule has 3 heterocycles. The van der Waals surface area contributed by atoms with Gasteiger partial charge in [-0.05, 0) is 79.9 Å². The van der Waals surface area contributed by atoms with E-state index in [-0.39, 0.29) is 47.6 Å². The molecule has 0 aliphatic carbocycles. The number of hydrogen-bond donors (Lipinski definition) is 1. The molecule has 0 saturated carbocycles. The van der Waals surface area contributed by atoms with E-state index in [4.69, 9.17) is 14.2 Å². The van der Waals surface area contributed by atoms with E-state index in [9.17, 15) is 14.4 Å². The highest BCUT2D eigenvalue weighted by Gasteiger charge is 2.43. The smallest absolute Gasteiger partial charge is 0.223 e. The van der Waals surface area contributed by atoms with Crippen LogP contribution in [0.3, 0.4) is 0 Å². The topological polar surface area (TPSA) is 97.4 Å². The monoisotopic (exact) mass is 585 g/mol. The average Bonchev–Trinajstić information content (AvgIpc) is 2.98. The minimum Gasteiger partial charge on any atom is -0.493 e. The molecule has 234 valence electrons. The Labute approximate surface area is 251 Å². The van der Waals surface area contributed by atoms with Crippen LogP contribution in [0, 0.1) is 23.7 Å². The molecule has 9 nitrogen and oxygen atoms in total. The van der Waals surface area contributed by atoms with Crippen molar-refractivity contribution in [3.05, 3.63) is 17.7 Å². The molecule has 3 amide bonds. The lowest BCUT2D eigenvalue weighted by atomic mass is 9.77. The van der Waals surface area contributed by atoms with Crippen LogP contribution in [0.2, 0.25) is 0 Å². The van der Waals surface area contributed by atoms with Crippen molar-refractivity contribution in [1.82, 2.24) is 15.1 Å². The van der Waals surface area contributed by atoms with Crippen molar-refractivity contribution in [1.29, 1.82) is 0 Å². The van der Waals surface area contributed by atoms with Gasteiger partial charge in [0.05, 0.1) is 21.3 Å². The third kappa shape index (κ3) is 7.70. The molecule has 1 aromatic carbocycles. The molecule has 1 N–H and O–H groups in total. The molecule has 0 radical (unpaired) electrons. The second-order valence-electron chi connectivity index (χ2n) is 13.0. The van der Waals surface area contributed by atoms with Crippen LogP contribution in [0.25, 0.3) is 0 Å². The third-order valence-electron chi connectivity index (χ3n) is 9.54. The number of rotatable bonds is 7. The molecule has 3 fully saturated rings. The highest BCUT2D eigenvalue weighted by molar-refractivity contribution is 5.78. The molecule has 3 aliphatic rings. The number of methoxy groups -OCH3 is 3. The normalized spacial score (nSPS) is 27.3. The van der Waals surface area contributed by atoms with Gasteiger partial charge in [-0.1, -0.05) is 20.8 Å². The Hall–Kier alpha value is -2.97. The second kappa shape index (κ2) is 14.5. The van der Waals surface area contributed by atoms with Crippen LogP contribution in [-0.2, 0) is 20.8 Å². The van der Waals surface area contributed by atoms with Crippen LogP contribution in [0.4, 0.5) is 0 Å². The molecule has 42 heavy (non-hydrogen) atoms. The molecule has 9 heteroatoms. The van der Waals surface area contributed by atoms with Crippen molar-refractivity contribution in [3.8, 4) is 17.2 Å². The van der Waals surface area contributed by atoms with Crippen LogP contribution >= 0.6 is 0 Å². The number of nitrogens with zero attached hydrogens (tertiary/aromatic N) is 2. The number of hydrogen-bond acceptors (Lipinski definition) is 6. The number of carbonyl (C=O) groups excluding carboxylic acids is 3. The maximum absolute atomic E-state index is 13.6. The fourth-order valence-corrected chi connectivity index (χ4v) is 7.20. The van der Waals surface area contributed by atoms with Crippen molar-refractivity contribution in [2.75, 3.05) is 41.0 Å². The molecule has 0 unspecified atom stereocenters. The molecule has 5 atom stereocenters. The maximum Gasteiger partial charge on any atom is 0.223 e. The lowest BCUT2D eigenvalue weighted by Gasteiger charge is -2.51. The number of nitrogens with one attached hydrogen (secondary N) is 1. The lowest BCUT2D eigenvalue weighted by molar-refractivity contribution is -0.146. The maximum atomic E-state index is 13.6. The van der Waals surface area contributed by atoms with Gasteiger partial charge in [-0.15, -0.1) is 0 Å². The van der Waals surface area contributed by atoms with E-state index in [1.54, 1.807) is 21.3 Å². The minimum atomic E-state index is 0.0705. The van der Waals surface area contributed by atoms with Gasteiger partial charge in [0.2, 0.25) is 23.5 Å². The summed E-state index contributed by atoms with van der Waals surface area (Å²) in [6, 6.07) is 4.02. The Morgan fingerprint density at radius 2 is 1.71 bits per heavy atom. The summed E-state index contributed by atoms with van der Waals surface area (Å²) in [6.45, 7) is 8.51. The predicted octanol–water partition coefficient (Wildman–Crippen LogP) is 4.45. The fourth-order valence-electron chi connectivity index (χ4n) is 7.20. The number of likely N-dealkylation sites (tertiary alicyclic amines) is 1. The van der Waals surface area contributed by atoms with Gasteiger partial charge in [0.25, 0.3) is 0 Å². The van der Waals surface area contributed by atoms with E-state index in [0.29, 0.717) is 68.5 Å². The van der Waals surface area contributed by atoms with Crippen LogP contribution in [0.15, 0.2) is 12.1 Å². The first kappa shape index (κ1) is 32.0. The van der Waals surface area contributed by atoms with Crippen LogP contribution in [0.5, 0.6) is 17.2 Å². The summed E-state index contributed by atoms with van der Waals surface area (Å²) in [5.74, 6) is 3.34. The molecular weight excluding hydrogens is 534 g/mol. The Balaban J connectivity index is 1.43. The summed E-state index contributed by atoms with van der Waals surface area (Å²) in [5, 5.41) is 3.26. The van der Waals surface area contributed by atoms with E-state index in [0.717, 1.165) is 37.7 Å². The first-order valence-electron chi connectivity index (χ1n) is 15.8. The number of aryl methyl sites for hydroxylation is 1. The zero-order valence-corrected chi connectivity index (χ0v) is 26.4. The molecular formula is C33H51N3O6. The van der Waals surface area contributed by atoms with Gasteiger partial charge in [0, 0.05) is 51.0 Å². The van der Waals surface area contributed by atoms with Gasteiger partial charge in [-0.3, -0.25) is 14.4 Å². The Morgan fingerprint density at radius 1 is 1.00 bits per heavy atom. The second-order valence-corrected chi connectivity index (χ2v) is 13.0. The summed E-state index contributed by atoms with van der Waals surface area (Å²) in [7, 11) is 4.76. The number of amides is 3. The lowest BCUT2D eigenvalue weighted by Crippen LogP contribution is -2.60. The zero-order valence-electron chi connectivity index (χ0n) is 26.4. The third-order valence-corrected chi connectivity index (χ3v) is 9.54. The largest absolute Gasteiger partial charge is 0.493 e. The highest BCUT2D eigenvalue weighted by Crippen LogP contribution is 2.39. The van der Waals surface area contributed by atoms with Gasteiger partial charge in [0.15, 0.2) is 11.5 Å². The first-order chi connectivity index (χ1) is 20.1. The molecule has 3 saturated heterocycles. The average molecular weight is 586 g/mol. The Kier molecular flexibility index (Phi) is 11.0.